The minimum Gasteiger partial charge on any atom is -0.504 e. The number of benzene rings is 1. The highest BCUT2D eigenvalue weighted by Gasteiger charge is 2.05. The number of allylic oxidation sites excluding steroid dienone is 2. The van der Waals surface area contributed by atoms with E-state index >= 15 is 0 Å². The van der Waals surface area contributed by atoms with E-state index in [1.54, 1.807) is 12.1 Å². The third-order valence-corrected chi connectivity index (χ3v) is 4.72. The van der Waals surface area contributed by atoms with Crippen LogP contribution >= 0.6 is 0 Å². The molecule has 0 aliphatic heterocycles. The van der Waals surface area contributed by atoms with Gasteiger partial charge in [-0.1, -0.05) is 70.9 Å². The topological polar surface area (TPSA) is 46.5 Å². The number of carbonyl (C=O) groups excluding carboxylic acids is 1. The van der Waals surface area contributed by atoms with Gasteiger partial charge in [0.15, 0.2) is 17.3 Å². The molecule has 0 bridgehead atoms. The Morgan fingerprint density at radius 3 is 2.44 bits per heavy atom. The maximum absolute atomic E-state index is 12.0. The summed E-state index contributed by atoms with van der Waals surface area (Å²) in [6.45, 7) is 4.95. The molecule has 0 atom stereocenters. The van der Waals surface area contributed by atoms with Crippen molar-refractivity contribution in [1.82, 2.24) is 0 Å². The first-order chi connectivity index (χ1) is 13.2. The number of hydrogen-bond acceptors (Lipinski definition) is 3. The van der Waals surface area contributed by atoms with Gasteiger partial charge < -0.3 is 9.84 Å². The summed E-state index contributed by atoms with van der Waals surface area (Å²) in [5, 5.41) is 9.86. The van der Waals surface area contributed by atoms with Crippen LogP contribution in [0.1, 0.15) is 90.0 Å². The maximum Gasteiger partial charge on any atom is 0.161 e. The summed E-state index contributed by atoms with van der Waals surface area (Å²) in [7, 11) is 0. The standard InChI is InChI=1S/C24H38O3/c1-3-5-7-8-9-10-11-12-13-14-22(25)17-15-21-16-18-23(26)24(20-21)27-19-6-4-2/h13-14,16,18,20,26H,3-12,15,17,19H2,1-2H3. The van der Waals surface area contributed by atoms with Crippen molar-refractivity contribution in [3.05, 3.63) is 35.9 Å². The van der Waals surface area contributed by atoms with Crippen LogP contribution < -0.4 is 4.74 Å². The molecule has 1 rings (SSSR count). The number of ketones is 1. The van der Waals surface area contributed by atoms with E-state index in [2.05, 4.69) is 13.8 Å². The number of phenolic OH excluding ortho intramolecular Hbond substituents is 1. The average molecular weight is 375 g/mol. The van der Waals surface area contributed by atoms with Crippen LogP contribution in [0.15, 0.2) is 30.4 Å². The predicted molar refractivity (Wildman–Crippen MR) is 114 cm³/mol. The zero-order valence-corrected chi connectivity index (χ0v) is 17.3. The van der Waals surface area contributed by atoms with Crippen LogP contribution in [0.3, 0.4) is 0 Å². The molecule has 0 aromatic heterocycles. The van der Waals surface area contributed by atoms with Crippen molar-refractivity contribution in [1.29, 1.82) is 0 Å². The maximum atomic E-state index is 12.0. The molecule has 0 fully saturated rings. The monoisotopic (exact) mass is 374 g/mol. The van der Waals surface area contributed by atoms with Gasteiger partial charge in [-0.25, -0.2) is 0 Å². The minimum atomic E-state index is 0.163. The number of aryl methyl sites for hydroxylation is 1. The Labute approximate surface area is 165 Å². The van der Waals surface area contributed by atoms with E-state index in [1.807, 2.05) is 18.2 Å². The summed E-state index contributed by atoms with van der Waals surface area (Å²) in [5.41, 5.74) is 1.02. The number of ether oxygens (including phenoxy) is 1. The van der Waals surface area contributed by atoms with Gasteiger partial charge in [-0.2, -0.15) is 0 Å². The number of rotatable bonds is 16. The summed E-state index contributed by atoms with van der Waals surface area (Å²) in [4.78, 5) is 12.0. The van der Waals surface area contributed by atoms with Crippen molar-refractivity contribution < 1.29 is 14.6 Å². The highest BCUT2D eigenvalue weighted by molar-refractivity contribution is 5.89. The van der Waals surface area contributed by atoms with E-state index in [4.69, 9.17) is 4.74 Å². The predicted octanol–water partition coefficient (Wildman–Crippen LogP) is 6.77. The van der Waals surface area contributed by atoms with Crippen LogP contribution in [0.2, 0.25) is 0 Å². The molecule has 0 heterocycles. The Morgan fingerprint density at radius 1 is 1.00 bits per heavy atom. The first kappa shape index (κ1) is 23.3. The lowest BCUT2D eigenvalue weighted by Gasteiger charge is -2.09. The fourth-order valence-corrected chi connectivity index (χ4v) is 2.94. The third kappa shape index (κ3) is 11.5. The molecule has 0 saturated heterocycles. The van der Waals surface area contributed by atoms with E-state index in [0.717, 1.165) is 24.8 Å². The van der Waals surface area contributed by atoms with Crippen LogP contribution in [-0.4, -0.2) is 17.5 Å². The summed E-state index contributed by atoms with van der Waals surface area (Å²) in [6.07, 6.45) is 17.0. The number of phenols is 1. The van der Waals surface area contributed by atoms with Gasteiger partial charge in [-0.05, 0) is 49.5 Å². The molecule has 3 nitrogen and oxygen atoms in total. The number of aromatic hydroxyl groups is 1. The first-order valence-corrected chi connectivity index (χ1v) is 10.8. The Morgan fingerprint density at radius 2 is 1.70 bits per heavy atom. The van der Waals surface area contributed by atoms with Crippen molar-refractivity contribution >= 4 is 5.78 Å². The molecule has 1 aromatic rings. The van der Waals surface area contributed by atoms with E-state index < -0.39 is 0 Å². The molecular formula is C24H38O3. The molecular weight excluding hydrogens is 336 g/mol. The van der Waals surface area contributed by atoms with Crippen molar-refractivity contribution in [2.75, 3.05) is 6.61 Å². The van der Waals surface area contributed by atoms with Gasteiger partial charge in [-0.15, -0.1) is 0 Å². The number of hydrogen-bond donors (Lipinski definition) is 1. The molecule has 0 spiro atoms. The van der Waals surface area contributed by atoms with Crippen LogP contribution in [0.4, 0.5) is 0 Å². The van der Waals surface area contributed by atoms with Gasteiger partial charge >= 0.3 is 0 Å². The highest BCUT2D eigenvalue weighted by atomic mass is 16.5. The molecule has 0 amide bonds. The number of carbonyl (C=O) groups is 1. The molecule has 152 valence electrons. The Hall–Kier alpha value is -1.77. The van der Waals surface area contributed by atoms with Crippen molar-refractivity contribution in [2.24, 2.45) is 0 Å². The lowest BCUT2D eigenvalue weighted by molar-refractivity contribution is -0.114. The minimum absolute atomic E-state index is 0.163. The van der Waals surface area contributed by atoms with E-state index in [-0.39, 0.29) is 11.5 Å². The molecule has 0 aliphatic rings. The van der Waals surface area contributed by atoms with Gasteiger partial charge in [0.1, 0.15) is 0 Å². The molecule has 1 aromatic carbocycles. The second-order valence-corrected chi connectivity index (χ2v) is 7.28. The SMILES string of the molecule is CCCCCCCCCC=CC(=O)CCc1ccc(O)c(OCCCC)c1. The molecule has 27 heavy (non-hydrogen) atoms. The highest BCUT2D eigenvalue weighted by Crippen LogP contribution is 2.27. The largest absolute Gasteiger partial charge is 0.504 e. The second kappa shape index (κ2) is 15.3. The van der Waals surface area contributed by atoms with Crippen LogP contribution in [0.5, 0.6) is 11.5 Å². The molecule has 0 saturated carbocycles. The summed E-state index contributed by atoms with van der Waals surface area (Å²) in [6, 6.07) is 5.36. The summed E-state index contributed by atoms with van der Waals surface area (Å²) in [5.74, 6) is 0.845. The summed E-state index contributed by atoms with van der Waals surface area (Å²) >= 11 is 0. The van der Waals surface area contributed by atoms with Gasteiger partial charge in [0.2, 0.25) is 0 Å². The van der Waals surface area contributed by atoms with E-state index in [1.165, 1.54) is 44.9 Å². The molecule has 0 radical (unpaired) electrons. The second-order valence-electron chi connectivity index (χ2n) is 7.28. The quantitative estimate of drug-likeness (QED) is 0.256. The normalized spacial score (nSPS) is 11.2. The Balaban J connectivity index is 2.22. The van der Waals surface area contributed by atoms with Gasteiger partial charge in [0.25, 0.3) is 0 Å². The van der Waals surface area contributed by atoms with Gasteiger partial charge in [0.05, 0.1) is 6.61 Å². The van der Waals surface area contributed by atoms with Gasteiger partial charge in [-0.3, -0.25) is 4.79 Å². The Kier molecular flexibility index (Phi) is 13.2. The molecule has 3 heteroatoms. The van der Waals surface area contributed by atoms with E-state index in [9.17, 15) is 9.90 Å². The fraction of sp³-hybridized carbons (Fsp3) is 0.625. The van der Waals surface area contributed by atoms with Crippen LogP contribution in [-0.2, 0) is 11.2 Å². The van der Waals surface area contributed by atoms with Crippen LogP contribution in [0.25, 0.3) is 0 Å². The van der Waals surface area contributed by atoms with Crippen molar-refractivity contribution in [2.45, 2.75) is 90.9 Å². The van der Waals surface area contributed by atoms with Crippen molar-refractivity contribution in [3.63, 3.8) is 0 Å². The third-order valence-electron chi connectivity index (χ3n) is 4.72. The van der Waals surface area contributed by atoms with E-state index in [0.29, 0.717) is 25.2 Å². The van der Waals surface area contributed by atoms with Gasteiger partial charge in [0, 0.05) is 6.42 Å². The zero-order valence-electron chi connectivity index (χ0n) is 17.3. The lowest BCUT2D eigenvalue weighted by Crippen LogP contribution is -1.99. The lowest BCUT2D eigenvalue weighted by atomic mass is 10.1. The fourth-order valence-electron chi connectivity index (χ4n) is 2.94. The zero-order chi connectivity index (χ0) is 19.7. The smallest absolute Gasteiger partial charge is 0.161 e. The molecule has 0 aliphatic carbocycles. The number of unbranched alkanes of at least 4 members (excludes halogenated alkanes) is 8. The molecule has 1 N–H and O–H groups in total. The first-order valence-electron chi connectivity index (χ1n) is 10.8. The van der Waals surface area contributed by atoms with Crippen LogP contribution in [0, 0.1) is 0 Å². The molecule has 0 unspecified atom stereocenters. The Bertz CT molecular complexity index is 549. The summed E-state index contributed by atoms with van der Waals surface area (Å²) < 4.78 is 5.61. The average Bonchev–Trinajstić information content (AvgIpc) is 2.67. The van der Waals surface area contributed by atoms with Crippen molar-refractivity contribution in [3.8, 4) is 11.5 Å².